The molecule has 3 aromatic rings. The van der Waals surface area contributed by atoms with Gasteiger partial charge in [-0.3, -0.25) is 9.10 Å². The predicted molar refractivity (Wildman–Crippen MR) is 122 cm³/mol. The van der Waals surface area contributed by atoms with Gasteiger partial charge in [-0.25, -0.2) is 8.42 Å². The monoisotopic (exact) mass is 422 g/mol. The van der Waals surface area contributed by atoms with Crippen LogP contribution in [0.1, 0.15) is 34.0 Å². The number of hydrogen-bond acceptors (Lipinski definition) is 3. The maximum Gasteiger partial charge on any atom is 0.264 e. The molecule has 3 rings (SSSR count). The van der Waals surface area contributed by atoms with Gasteiger partial charge in [0, 0.05) is 18.3 Å². The van der Waals surface area contributed by atoms with Crippen LogP contribution in [0, 0.1) is 13.8 Å². The van der Waals surface area contributed by atoms with Gasteiger partial charge in [-0.15, -0.1) is 0 Å². The number of nitrogens with one attached hydrogen (secondary N) is 1. The number of sulfonamides is 1. The number of carbonyl (C=O) groups is 1. The molecule has 0 aliphatic heterocycles. The molecule has 3 aromatic carbocycles. The summed E-state index contributed by atoms with van der Waals surface area (Å²) in [6.45, 7) is 5.76. The lowest BCUT2D eigenvalue weighted by Gasteiger charge is -2.22. The quantitative estimate of drug-likeness (QED) is 0.612. The lowest BCUT2D eigenvalue weighted by Crippen LogP contribution is -2.27. The predicted octanol–water partition coefficient (Wildman–Crippen LogP) is 4.94. The number of amides is 1. The first-order chi connectivity index (χ1) is 14.2. The van der Waals surface area contributed by atoms with Crippen LogP contribution in [0.3, 0.4) is 0 Å². The van der Waals surface area contributed by atoms with Crippen molar-refractivity contribution >= 4 is 27.3 Å². The third-order valence-corrected chi connectivity index (χ3v) is 6.92. The zero-order chi connectivity index (χ0) is 21.9. The second kappa shape index (κ2) is 8.71. The van der Waals surface area contributed by atoms with Crippen molar-refractivity contribution in [2.24, 2.45) is 0 Å². The Morgan fingerprint density at radius 3 is 2.30 bits per heavy atom. The Hall–Kier alpha value is -3.12. The van der Waals surface area contributed by atoms with Crippen LogP contribution < -0.4 is 9.62 Å². The number of para-hydroxylation sites is 1. The number of rotatable bonds is 6. The molecule has 0 heterocycles. The van der Waals surface area contributed by atoms with E-state index in [0.29, 0.717) is 11.3 Å². The van der Waals surface area contributed by atoms with Gasteiger partial charge in [0.15, 0.2) is 0 Å². The first-order valence-corrected chi connectivity index (χ1v) is 11.2. The summed E-state index contributed by atoms with van der Waals surface area (Å²) in [5.74, 6) is -0.279. The van der Waals surface area contributed by atoms with Gasteiger partial charge in [-0.2, -0.15) is 0 Å². The van der Waals surface area contributed by atoms with Gasteiger partial charge in [0.05, 0.1) is 10.6 Å². The molecule has 30 heavy (non-hydrogen) atoms. The summed E-state index contributed by atoms with van der Waals surface area (Å²) < 4.78 is 27.4. The van der Waals surface area contributed by atoms with Gasteiger partial charge >= 0.3 is 0 Å². The molecule has 0 aromatic heterocycles. The van der Waals surface area contributed by atoms with Crippen LogP contribution >= 0.6 is 0 Å². The summed E-state index contributed by atoms with van der Waals surface area (Å²) in [4.78, 5) is 13.1. The molecule has 6 heteroatoms. The Bertz CT molecular complexity index is 1170. The molecule has 0 fully saturated rings. The highest BCUT2D eigenvalue weighted by Crippen LogP contribution is 2.27. The second-order valence-electron chi connectivity index (χ2n) is 7.25. The summed E-state index contributed by atoms with van der Waals surface area (Å²) in [5, 5.41) is 2.93. The molecule has 0 bridgehead atoms. The van der Waals surface area contributed by atoms with Gasteiger partial charge in [-0.1, -0.05) is 48.9 Å². The fraction of sp³-hybridized carbons (Fsp3) is 0.208. The van der Waals surface area contributed by atoms with E-state index in [0.717, 1.165) is 28.8 Å². The molecule has 0 radical (unpaired) electrons. The van der Waals surface area contributed by atoms with E-state index < -0.39 is 10.0 Å². The maximum absolute atomic E-state index is 13.1. The number of nitrogens with zero attached hydrogens (tertiary/aromatic N) is 1. The van der Waals surface area contributed by atoms with Crippen molar-refractivity contribution in [3.63, 3.8) is 0 Å². The minimum Gasteiger partial charge on any atom is -0.322 e. The van der Waals surface area contributed by atoms with Gasteiger partial charge in [0.25, 0.3) is 15.9 Å². The molecule has 0 spiro atoms. The standard InChI is InChI=1S/C24H26N2O3S/c1-5-19-8-6-7-9-22(19)25-24(27)20-13-12-18(3)23(16-20)26(4)30(28,29)21-14-10-17(2)11-15-21/h6-16H,5H2,1-4H3,(H,25,27). The van der Waals surface area contributed by atoms with Gasteiger partial charge < -0.3 is 5.32 Å². The van der Waals surface area contributed by atoms with Crippen molar-refractivity contribution in [2.45, 2.75) is 32.1 Å². The van der Waals surface area contributed by atoms with Crippen molar-refractivity contribution < 1.29 is 13.2 Å². The van der Waals surface area contributed by atoms with Crippen LogP contribution in [0.5, 0.6) is 0 Å². The Morgan fingerprint density at radius 2 is 1.63 bits per heavy atom. The van der Waals surface area contributed by atoms with Crippen molar-refractivity contribution in [1.29, 1.82) is 0 Å². The first-order valence-electron chi connectivity index (χ1n) is 9.79. The van der Waals surface area contributed by atoms with Crippen molar-refractivity contribution in [3.8, 4) is 0 Å². The van der Waals surface area contributed by atoms with Crippen molar-refractivity contribution in [3.05, 3.63) is 89.0 Å². The van der Waals surface area contributed by atoms with E-state index in [-0.39, 0.29) is 10.8 Å². The van der Waals surface area contributed by atoms with Crippen LogP contribution in [0.4, 0.5) is 11.4 Å². The molecule has 0 saturated carbocycles. The second-order valence-corrected chi connectivity index (χ2v) is 9.22. The largest absolute Gasteiger partial charge is 0.322 e. The van der Waals surface area contributed by atoms with E-state index >= 15 is 0 Å². The van der Waals surface area contributed by atoms with E-state index in [2.05, 4.69) is 5.32 Å². The zero-order valence-corrected chi connectivity index (χ0v) is 18.5. The zero-order valence-electron chi connectivity index (χ0n) is 17.6. The molecule has 0 saturated heterocycles. The highest BCUT2D eigenvalue weighted by molar-refractivity contribution is 7.92. The van der Waals surface area contributed by atoms with Crippen molar-refractivity contribution in [2.75, 3.05) is 16.7 Å². The Labute approximate surface area is 178 Å². The average molecular weight is 423 g/mol. The summed E-state index contributed by atoms with van der Waals surface area (Å²) in [7, 11) is -2.24. The number of carbonyl (C=O) groups excluding carboxylic acids is 1. The van der Waals surface area contributed by atoms with E-state index in [1.165, 1.54) is 11.4 Å². The number of hydrogen-bond donors (Lipinski definition) is 1. The van der Waals surface area contributed by atoms with E-state index in [9.17, 15) is 13.2 Å². The molecular formula is C24H26N2O3S. The maximum atomic E-state index is 13.1. The van der Waals surface area contributed by atoms with Crippen molar-refractivity contribution in [1.82, 2.24) is 0 Å². The Balaban J connectivity index is 1.92. The summed E-state index contributed by atoms with van der Waals surface area (Å²) in [6.07, 6.45) is 0.799. The smallest absolute Gasteiger partial charge is 0.264 e. The van der Waals surface area contributed by atoms with Crippen LogP contribution in [0.2, 0.25) is 0 Å². The third-order valence-electron chi connectivity index (χ3n) is 5.14. The third kappa shape index (κ3) is 4.39. The highest BCUT2D eigenvalue weighted by Gasteiger charge is 2.23. The van der Waals surface area contributed by atoms with Crippen LogP contribution in [0.25, 0.3) is 0 Å². The van der Waals surface area contributed by atoms with E-state index in [1.54, 1.807) is 42.5 Å². The number of benzene rings is 3. The molecule has 0 unspecified atom stereocenters. The molecule has 156 valence electrons. The van der Waals surface area contributed by atoms with Gasteiger partial charge in [-0.05, 0) is 61.7 Å². The highest BCUT2D eigenvalue weighted by atomic mass is 32.2. The summed E-state index contributed by atoms with van der Waals surface area (Å²) >= 11 is 0. The summed E-state index contributed by atoms with van der Waals surface area (Å²) in [6, 6.07) is 19.4. The fourth-order valence-corrected chi connectivity index (χ4v) is 4.48. The van der Waals surface area contributed by atoms with Gasteiger partial charge in [0.2, 0.25) is 0 Å². The molecule has 5 nitrogen and oxygen atoms in total. The lowest BCUT2D eigenvalue weighted by molar-refractivity contribution is 0.102. The molecule has 1 amide bonds. The normalized spacial score (nSPS) is 11.2. The van der Waals surface area contributed by atoms with Crippen LogP contribution in [0.15, 0.2) is 71.6 Å². The van der Waals surface area contributed by atoms with Crippen LogP contribution in [-0.4, -0.2) is 21.4 Å². The Morgan fingerprint density at radius 1 is 0.967 bits per heavy atom. The fourth-order valence-electron chi connectivity index (χ4n) is 3.23. The van der Waals surface area contributed by atoms with Gasteiger partial charge in [0.1, 0.15) is 0 Å². The molecule has 1 N–H and O–H groups in total. The lowest BCUT2D eigenvalue weighted by atomic mass is 10.1. The average Bonchev–Trinajstić information content (AvgIpc) is 2.74. The SMILES string of the molecule is CCc1ccccc1NC(=O)c1ccc(C)c(N(C)S(=O)(=O)c2ccc(C)cc2)c1. The van der Waals surface area contributed by atoms with E-state index in [4.69, 9.17) is 0 Å². The number of anilines is 2. The Kier molecular flexibility index (Phi) is 6.27. The molecule has 0 aliphatic carbocycles. The molecule has 0 atom stereocenters. The minimum atomic E-state index is -3.74. The summed E-state index contributed by atoms with van der Waals surface area (Å²) in [5.41, 5.74) is 4.40. The topological polar surface area (TPSA) is 66.5 Å². The first kappa shape index (κ1) is 21.6. The molecular weight excluding hydrogens is 396 g/mol. The molecule has 0 aliphatic rings. The minimum absolute atomic E-state index is 0.210. The van der Waals surface area contributed by atoms with Crippen LogP contribution in [-0.2, 0) is 16.4 Å². The number of aryl methyl sites for hydroxylation is 3. The van der Waals surface area contributed by atoms with E-state index in [1.807, 2.05) is 45.0 Å².